The quantitative estimate of drug-likeness (QED) is 0.511. The zero-order valence-electron chi connectivity index (χ0n) is 10.8. The molecule has 0 saturated heterocycles. The molecule has 0 bridgehead atoms. The average molecular weight is 278 g/mol. The van der Waals surface area contributed by atoms with Gasteiger partial charge >= 0.3 is 0 Å². The van der Waals surface area contributed by atoms with Crippen molar-refractivity contribution < 1.29 is 4.39 Å². The SMILES string of the molecule is CCc1nc(NN)c(C)c(Sc2ccccc2F)n1. The molecule has 1 heterocycles. The summed E-state index contributed by atoms with van der Waals surface area (Å²) in [5.74, 6) is 6.44. The van der Waals surface area contributed by atoms with Gasteiger partial charge in [0, 0.05) is 16.9 Å². The summed E-state index contributed by atoms with van der Waals surface area (Å²) in [6, 6.07) is 6.62. The van der Waals surface area contributed by atoms with Crippen molar-refractivity contribution in [2.75, 3.05) is 5.43 Å². The minimum Gasteiger partial charge on any atom is -0.308 e. The van der Waals surface area contributed by atoms with Gasteiger partial charge in [0.25, 0.3) is 0 Å². The normalized spacial score (nSPS) is 10.5. The van der Waals surface area contributed by atoms with E-state index >= 15 is 0 Å². The molecule has 0 radical (unpaired) electrons. The molecule has 0 amide bonds. The Morgan fingerprint density at radius 1 is 1.32 bits per heavy atom. The fourth-order valence-electron chi connectivity index (χ4n) is 1.57. The van der Waals surface area contributed by atoms with E-state index in [1.165, 1.54) is 17.8 Å². The zero-order valence-corrected chi connectivity index (χ0v) is 11.6. The lowest BCUT2D eigenvalue weighted by molar-refractivity contribution is 0.602. The van der Waals surface area contributed by atoms with Crippen LogP contribution in [0.2, 0.25) is 0 Å². The van der Waals surface area contributed by atoms with E-state index in [1.54, 1.807) is 18.2 Å². The first kappa shape index (κ1) is 13.8. The van der Waals surface area contributed by atoms with Crippen LogP contribution in [0.5, 0.6) is 0 Å². The molecule has 0 aliphatic carbocycles. The van der Waals surface area contributed by atoms with Crippen molar-refractivity contribution in [1.29, 1.82) is 0 Å². The third-order valence-corrected chi connectivity index (χ3v) is 3.79. The smallest absolute Gasteiger partial charge is 0.147 e. The number of halogens is 1. The first-order valence-electron chi connectivity index (χ1n) is 5.92. The van der Waals surface area contributed by atoms with Gasteiger partial charge in [0.05, 0.1) is 0 Å². The second-order valence-corrected chi connectivity index (χ2v) is 4.98. The van der Waals surface area contributed by atoms with Crippen LogP contribution in [0, 0.1) is 12.7 Å². The summed E-state index contributed by atoms with van der Waals surface area (Å²) < 4.78 is 13.7. The van der Waals surface area contributed by atoms with Crippen LogP contribution in [0.4, 0.5) is 10.2 Å². The highest BCUT2D eigenvalue weighted by Gasteiger charge is 2.12. The van der Waals surface area contributed by atoms with E-state index in [4.69, 9.17) is 5.84 Å². The van der Waals surface area contributed by atoms with Crippen molar-refractivity contribution in [3.63, 3.8) is 0 Å². The van der Waals surface area contributed by atoms with Gasteiger partial charge in [-0.3, -0.25) is 0 Å². The molecule has 0 saturated carbocycles. The van der Waals surface area contributed by atoms with Crippen LogP contribution in [-0.4, -0.2) is 9.97 Å². The van der Waals surface area contributed by atoms with Crippen molar-refractivity contribution >= 4 is 17.6 Å². The first-order valence-corrected chi connectivity index (χ1v) is 6.73. The summed E-state index contributed by atoms with van der Waals surface area (Å²) in [5, 5.41) is 0.713. The number of aryl methyl sites for hydroxylation is 1. The number of nitrogens with two attached hydrogens (primary N) is 1. The Morgan fingerprint density at radius 3 is 2.68 bits per heavy atom. The lowest BCUT2D eigenvalue weighted by Gasteiger charge is -2.11. The molecule has 0 fully saturated rings. The Balaban J connectivity index is 2.42. The topological polar surface area (TPSA) is 63.8 Å². The summed E-state index contributed by atoms with van der Waals surface area (Å²) >= 11 is 1.28. The maximum atomic E-state index is 13.7. The number of anilines is 1. The van der Waals surface area contributed by atoms with Crippen LogP contribution < -0.4 is 11.3 Å². The Labute approximate surface area is 115 Å². The molecule has 0 atom stereocenters. The minimum atomic E-state index is -0.259. The molecule has 19 heavy (non-hydrogen) atoms. The predicted molar refractivity (Wildman–Crippen MR) is 74.5 cm³/mol. The van der Waals surface area contributed by atoms with Gasteiger partial charge in [-0.25, -0.2) is 20.2 Å². The molecule has 3 N–H and O–H groups in total. The summed E-state index contributed by atoms with van der Waals surface area (Å²) in [6.45, 7) is 3.82. The summed E-state index contributed by atoms with van der Waals surface area (Å²) in [5.41, 5.74) is 3.37. The fourth-order valence-corrected chi connectivity index (χ4v) is 2.49. The van der Waals surface area contributed by atoms with Gasteiger partial charge in [-0.1, -0.05) is 30.8 Å². The fraction of sp³-hybridized carbons (Fsp3) is 0.231. The Morgan fingerprint density at radius 2 is 2.05 bits per heavy atom. The van der Waals surface area contributed by atoms with Gasteiger partial charge in [0.15, 0.2) is 0 Å². The molecule has 1 aromatic heterocycles. The number of nitrogens with zero attached hydrogens (tertiary/aromatic N) is 2. The van der Waals surface area contributed by atoms with Gasteiger partial charge in [-0.2, -0.15) is 0 Å². The van der Waals surface area contributed by atoms with E-state index < -0.39 is 0 Å². The van der Waals surface area contributed by atoms with Crippen LogP contribution in [0.15, 0.2) is 34.2 Å². The molecule has 1 aromatic carbocycles. The van der Waals surface area contributed by atoms with Crippen LogP contribution in [0.3, 0.4) is 0 Å². The van der Waals surface area contributed by atoms with Crippen LogP contribution >= 0.6 is 11.8 Å². The number of nitrogen functional groups attached to an aromatic ring is 1. The van der Waals surface area contributed by atoms with E-state index in [0.29, 0.717) is 28.0 Å². The summed E-state index contributed by atoms with van der Waals surface area (Å²) in [7, 11) is 0. The van der Waals surface area contributed by atoms with Crippen molar-refractivity contribution in [2.24, 2.45) is 5.84 Å². The Kier molecular flexibility index (Phi) is 4.34. The van der Waals surface area contributed by atoms with E-state index in [1.807, 2.05) is 13.8 Å². The molecule has 0 aliphatic heterocycles. The van der Waals surface area contributed by atoms with Crippen molar-refractivity contribution in [3.8, 4) is 0 Å². The van der Waals surface area contributed by atoms with Crippen LogP contribution in [0.1, 0.15) is 18.3 Å². The number of aromatic nitrogens is 2. The predicted octanol–water partition coefficient (Wildman–Crippen LogP) is 2.92. The van der Waals surface area contributed by atoms with E-state index in [2.05, 4.69) is 15.4 Å². The van der Waals surface area contributed by atoms with Crippen LogP contribution in [0.25, 0.3) is 0 Å². The Bertz CT molecular complexity index is 589. The molecule has 0 aliphatic rings. The maximum Gasteiger partial charge on any atom is 0.147 e. The van der Waals surface area contributed by atoms with Crippen molar-refractivity contribution in [1.82, 2.24) is 9.97 Å². The molecule has 100 valence electrons. The number of hydrazine groups is 1. The summed E-state index contributed by atoms with van der Waals surface area (Å²) in [4.78, 5) is 9.24. The van der Waals surface area contributed by atoms with E-state index in [9.17, 15) is 4.39 Å². The second kappa shape index (κ2) is 5.99. The number of hydrogen-bond acceptors (Lipinski definition) is 5. The molecule has 0 spiro atoms. The maximum absolute atomic E-state index is 13.7. The van der Waals surface area contributed by atoms with Crippen molar-refractivity contribution in [2.45, 2.75) is 30.2 Å². The Hall–Kier alpha value is -1.66. The van der Waals surface area contributed by atoms with Gasteiger partial charge in [0.2, 0.25) is 0 Å². The van der Waals surface area contributed by atoms with Gasteiger partial charge in [-0.15, -0.1) is 0 Å². The van der Waals surface area contributed by atoms with E-state index in [-0.39, 0.29) is 5.82 Å². The monoisotopic (exact) mass is 278 g/mol. The highest BCUT2D eigenvalue weighted by molar-refractivity contribution is 7.99. The molecule has 2 rings (SSSR count). The molecule has 6 heteroatoms. The number of rotatable bonds is 4. The van der Waals surface area contributed by atoms with Crippen molar-refractivity contribution in [3.05, 3.63) is 41.5 Å². The molecule has 0 unspecified atom stereocenters. The standard InChI is InChI=1S/C13H15FN4S/c1-3-11-16-12(18-15)8(2)13(17-11)19-10-7-5-4-6-9(10)14/h4-7H,3,15H2,1-2H3,(H,16,17,18). The average Bonchev–Trinajstić information content (AvgIpc) is 2.43. The van der Waals surface area contributed by atoms with Gasteiger partial charge in [0.1, 0.15) is 22.5 Å². The minimum absolute atomic E-state index is 0.259. The van der Waals surface area contributed by atoms with Crippen LogP contribution in [-0.2, 0) is 6.42 Å². The highest BCUT2D eigenvalue weighted by atomic mass is 32.2. The lowest BCUT2D eigenvalue weighted by Crippen LogP contribution is -2.13. The largest absolute Gasteiger partial charge is 0.308 e. The number of benzene rings is 1. The second-order valence-electron chi connectivity index (χ2n) is 3.95. The zero-order chi connectivity index (χ0) is 13.8. The molecule has 4 nitrogen and oxygen atoms in total. The third kappa shape index (κ3) is 3.02. The highest BCUT2D eigenvalue weighted by Crippen LogP contribution is 2.32. The van der Waals surface area contributed by atoms with E-state index in [0.717, 1.165) is 5.56 Å². The number of hydrogen-bond donors (Lipinski definition) is 2. The molecule has 2 aromatic rings. The number of nitrogens with one attached hydrogen (secondary N) is 1. The molecular formula is C13H15FN4S. The van der Waals surface area contributed by atoms with Gasteiger partial charge < -0.3 is 5.43 Å². The lowest BCUT2D eigenvalue weighted by atomic mass is 10.3. The first-order chi connectivity index (χ1) is 9.15. The molecular weight excluding hydrogens is 263 g/mol. The summed E-state index contributed by atoms with van der Waals surface area (Å²) in [6.07, 6.45) is 0.694. The third-order valence-electron chi connectivity index (χ3n) is 2.64. The van der Waals surface area contributed by atoms with Gasteiger partial charge in [-0.05, 0) is 19.1 Å².